The Hall–Kier alpha value is -1.58. The Morgan fingerprint density at radius 1 is 1.63 bits per heavy atom. The van der Waals surface area contributed by atoms with Crippen molar-refractivity contribution in [3.8, 4) is 0 Å². The lowest BCUT2D eigenvalue weighted by Crippen LogP contribution is -2.43. The summed E-state index contributed by atoms with van der Waals surface area (Å²) in [6.07, 6.45) is -6.07. The highest BCUT2D eigenvalue weighted by molar-refractivity contribution is 5.23. The number of aliphatic hydroxyl groups excluding tert-OH is 2. The van der Waals surface area contributed by atoms with E-state index in [0.29, 0.717) is 4.57 Å². The minimum Gasteiger partial charge on any atom is -0.391 e. The standard InChI is InChI=1S/C10H13F2N3O4/c1-4(16)6-7(17)10(11,12)8(19-6)15-3-2-5(13)14-9(15)18/h2-4,6-8,16-17H,1H3,(H2,13,14,18)/t4?,6-,7-,8?/m1/s1. The Morgan fingerprint density at radius 2 is 2.26 bits per heavy atom. The summed E-state index contributed by atoms with van der Waals surface area (Å²) in [4.78, 5) is 14.8. The van der Waals surface area contributed by atoms with Gasteiger partial charge in [0.2, 0.25) is 6.23 Å². The van der Waals surface area contributed by atoms with Crippen molar-refractivity contribution in [2.24, 2.45) is 0 Å². The largest absolute Gasteiger partial charge is 0.391 e. The maximum absolute atomic E-state index is 13.9. The first-order valence-electron chi connectivity index (χ1n) is 5.49. The van der Waals surface area contributed by atoms with Crippen LogP contribution in [0, 0.1) is 0 Å². The Balaban J connectivity index is 2.42. The van der Waals surface area contributed by atoms with Crippen LogP contribution < -0.4 is 11.4 Å². The van der Waals surface area contributed by atoms with Gasteiger partial charge in [-0.3, -0.25) is 4.57 Å². The molecule has 1 fully saturated rings. The van der Waals surface area contributed by atoms with Gasteiger partial charge in [-0.25, -0.2) is 4.79 Å². The topological polar surface area (TPSA) is 111 Å². The molecule has 1 saturated heterocycles. The van der Waals surface area contributed by atoms with Crippen molar-refractivity contribution in [1.29, 1.82) is 0 Å². The number of ether oxygens (including phenoxy) is 1. The van der Waals surface area contributed by atoms with Gasteiger partial charge in [0.1, 0.15) is 11.9 Å². The van der Waals surface area contributed by atoms with Crippen LogP contribution in [-0.2, 0) is 4.74 Å². The monoisotopic (exact) mass is 277 g/mol. The van der Waals surface area contributed by atoms with E-state index in [2.05, 4.69) is 4.98 Å². The quantitative estimate of drug-likeness (QED) is 0.646. The Kier molecular flexibility index (Phi) is 3.29. The van der Waals surface area contributed by atoms with Crippen LogP contribution in [0.2, 0.25) is 0 Å². The van der Waals surface area contributed by atoms with E-state index >= 15 is 0 Å². The number of rotatable bonds is 2. The highest BCUT2D eigenvalue weighted by Crippen LogP contribution is 2.43. The lowest BCUT2D eigenvalue weighted by Gasteiger charge is -2.20. The molecule has 1 aliphatic heterocycles. The molecule has 106 valence electrons. The zero-order chi connectivity index (χ0) is 14.4. The van der Waals surface area contributed by atoms with Crippen molar-refractivity contribution in [2.75, 3.05) is 5.73 Å². The Bertz CT molecular complexity index is 534. The van der Waals surface area contributed by atoms with Crippen LogP contribution in [0.5, 0.6) is 0 Å². The molecule has 4 atom stereocenters. The highest BCUT2D eigenvalue weighted by atomic mass is 19.3. The summed E-state index contributed by atoms with van der Waals surface area (Å²) in [5, 5.41) is 18.8. The van der Waals surface area contributed by atoms with Crippen LogP contribution in [0.1, 0.15) is 13.2 Å². The second-order valence-electron chi connectivity index (χ2n) is 4.36. The van der Waals surface area contributed by atoms with Crippen LogP contribution >= 0.6 is 0 Å². The molecule has 0 amide bonds. The van der Waals surface area contributed by atoms with Gasteiger partial charge in [-0.15, -0.1) is 0 Å². The summed E-state index contributed by atoms with van der Waals surface area (Å²) in [5.41, 5.74) is 4.23. The molecule has 2 unspecified atom stereocenters. The lowest BCUT2D eigenvalue weighted by molar-refractivity contribution is -0.141. The number of halogens is 2. The van der Waals surface area contributed by atoms with Crippen LogP contribution in [-0.4, -0.2) is 44.0 Å². The predicted molar refractivity (Wildman–Crippen MR) is 59.5 cm³/mol. The average molecular weight is 277 g/mol. The second kappa shape index (κ2) is 4.51. The minimum atomic E-state index is -3.73. The molecule has 0 radical (unpaired) electrons. The SMILES string of the molecule is CC(O)[C@H]1OC(n2ccc(N)nc2=O)C(F)(F)[C@@H]1O. The molecule has 2 heterocycles. The second-order valence-corrected chi connectivity index (χ2v) is 4.36. The number of hydrogen-bond donors (Lipinski definition) is 3. The summed E-state index contributed by atoms with van der Waals surface area (Å²) in [7, 11) is 0. The fourth-order valence-electron chi connectivity index (χ4n) is 1.91. The molecule has 7 nitrogen and oxygen atoms in total. The van der Waals surface area contributed by atoms with E-state index in [0.717, 1.165) is 12.3 Å². The number of aliphatic hydroxyl groups is 2. The smallest absolute Gasteiger partial charge is 0.351 e. The normalized spacial score (nSPS) is 31.3. The fourth-order valence-corrected chi connectivity index (χ4v) is 1.91. The number of nitrogen functional groups attached to an aromatic ring is 1. The molecular weight excluding hydrogens is 264 g/mol. The van der Waals surface area contributed by atoms with Gasteiger partial charge in [0.05, 0.1) is 6.10 Å². The van der Waals surface area contributed by atoms with E-state index in [1.807, 2.05) is 0 Å². The van der Waals surface area contributed by atoms with Crippen LogP contribution in [0.3, 0.4) is 0 Å². The molecule has 1 aromatic heterocycles. The van der Waals surface area contributed by atoms with E-state index in [4.69, 9.17) is 10.5 Å². The van der Waals surface area contributed by atoms with Crippen molar-refractivity contribution in [2.45, 2.75) is 37.4 Å². The number of nitrogens with zero attached hydrogens (tertiary/aromatic N) is 2. The van der Waals surface area contributed by atoms with E-state index < -0.39 is 36.2 Å². The molecule has 9 heteroatoms. The molecular formula is C10H13F2N3O4. The van der Waals surface area contributed by atoms with Crippen molar-refractivity contribution in [3.63, 3.8) is 0 Å². The van der Waals surface area contributed by atoms with E-state index in [1.165, 1.54) is 6.92 Å². The van der Waals surface area contributed by atoms with Gasteiger partial charge in [0.15, 0.2) is 6.10 Å². The van der Waals surface area contributed by atoms with Gasteiger partial charge in [-0.05, 0) is 13.0 Å². The number of hydrogen-bond acceptors (Lipinski definition) is 6. The maximum atomic E-state index is 13.9. The number of nitrogens with two attached hydrogens (primary N) is 1. The molecule has 0 aliphatic carbocycles. The summed E-state index contributed by atoms with van der Waals surface area (Å²) in [5.74, 6) is -3.85. The molecule has 0 aromatic carbocycles. The number of anilines is 1. The van der Waals surface area contributed by atoms with Crippen molar-refractivity contribution >= 4 is 5.82 Å². The van der Waals surface area contributed by atoms with Crippen LogP contribution in [0.15, 0.2) is 17.1 Å². The zero-order valence-corrected chi connectivity index (χ0v) is 9.90. The first-order chi connectivity index (χ1) is 8.75. The Morgan fingerprint density at radius 3 is 2.74 bits per heavy atom. The number of aromatic nitrogens is 2. The third-order valence-electron chi connectivity index (χ3n) is 2.90. The third-order valence-corrected chi connectivity index (χ3v) is 2.90. The molecule has 19 heavy (non-hydrogen) atoms. The van der Waals surface area contributed by atoms with Gasteiger partial charge in [-0.1, -0.05) is 0 Å². The fraction of sp³-hybridized carbons (Fsp3) is 0.600. The van der Waals surface area contributed by atoms with E-state index in [9.17, 15) is 23.8 Å². The summed E-state index contributed by atoms with van der Waals surface area (Å²) >= 11 is 0. The first-order valence-corrected chi connectivity index (χ1v) is 5.49. The van der Waals surface area contributed by atoms with Gasteiger partial charge < -0.3 is 20.7 Å². The maximum Gasteiger partial charge on any atom is 0.351 e. The number of alkyl halides is 2. The molecule has 0 bridgehead atoms. The molecule has 0 spiro atoms. The summed E-state index contributed by atoms with van der Waals surface area (Å²) in [6, 6.07) is 1.16. The first kappa shape index (κ1) is 13.8. The molecule has 0 saturated carbocycles. The van der Waals surface area contributed by atoms with Crippen molar-refractivity contribution in [1.82, 2.24) is 9.55 Å². The van der Waals surface area contributed by atoms with Gasteiger partial charge in [-0.2, -0.15) is 13.8 Å². The van der Waals surface area contributed by atoms with Crippen LogP contribution in [0.25, 0.3) is 0 Å². The van der Waals surface area contributed by atoms with E-state index in [-0.39, 0.29) is 5.82 Å². The minimum absolute atomic E-state index is 0.116. The van der Waals surface area contributed by atoms with Crippen molar-refractivity contribution in [3.05, 3.63) is 22.7 Å². The zero-order valence-electron chi connectivity index (χ0n) is 9.90. The van der Waals surface area contributed by atoms with Gasteiger partial charge in [0.25, 0.3) is 0 Å². The Labute approximate surface area is 106 Å². The van der Waals surface area contributed by atoms with E-state index in [1.54, 1.807) is 0 Å². The summed E-state index contributed by atoms with van der Waals surface area (Å²) < 4.78 is 33.2. The predicted octanol–water partition coefficient (Wildman–Crippen LogP) is -0.900. The third kappa shape index (κ3) is 2.20. The van der Waals surface area contributed by atoms with Crippen LogP contribution in [0.4, 0.5) is 14.6 Å². The molecule has 4 N–H and O–H groups in total. The molecule has 1 aromatic rings. The average Bonchev–Trinajstić information content (AvgIpc) is 2.52. The summed E-state index contributed by atoms with van der Waals surface area (Å²) in [6.45, 7) is 1.20. The van der Waals surface area contributed by atoms with Gasteiger partial charge in [0, 0.05) is 6.20 Å². The lowest BCUT2D eigenvalue weighted by atomic mass is 10.1. The highest BCUT2D eigenvalue weighted by Gasteiger charge is 2.60. The molecule has 1 aliphatic rings. The molecule has 2 rings (SSSR count). The van der Waals surface area contributed by atoms with Crippen molar-refractivity contribution < 1.29 is 23.7 Å². The van der Waals surface area contributed by atoms with Gasteiger partial charge >= 0.3 is 11.6 Å².